The molecule has 8 heavy (non-hydrogen) atoms. The Balaban J connectivity index is 2.69. The number of hydrogen-bond acceptors (Lipinski definition) is 1. The summed E-state index contributed by atoms with van der Waals surface area (Å²) in [7, 11) is 0. The largest absolute Gasteiger partial charge is 0.305 e. The first-order valence-corrected chi connectivity index (χ1v) is 3.07. The van der Waals surface area contributed by atoms with Gasteiger partial charge in [0.15, 0.2) is 0 Å². The molecule has 0 aliphatic heterocycles. The summed E-state index contributed by atoms with van der Waals surface area (Å²) in [6.07, 6.45) is 5.38. The molecule has 44 valence electrons. The molecule has 1 saturated carbocycles. The third-order valence-electron chi connectivity index (χ3n) is 1.61. The van der Waals surface area contributed by atoms with Crippen LogP contribution in [0.15, 0.2) is 11.6 Å². The molecule has 0 aromatic carbocycles. The fraction of sp³-hybridized carbons (Fsp3) is 0.571. The quantitative estimate of drug-likeness (QED) is 0.492. The Morgan fingerprint density at radius 3 is 2.50 bits per heavy atom. The third-order valence-corrected chi connectivity index (χ3v) is 1.61. The van der Waals surface area contributed by atoms with Crippen molar-refractivity contribution in [3.8, 4) is 0 Å². The van der Waals surface area contributed by atoms with Gasteiger partial charge >= 0.3 is 0 Å². The summed E-state index contributed by atoms with van der Waals surface area (Å²) in [6, 6.07) is 0. The summed E-state index contributed by atoms with van der Waals surface area (Å²) in [5, 5.41) is 7.34. The lowest BCUT2D eigenvalue weighted by Crippen LogP contribution is -1.87. The van der Waals surface area contributed by atoms with Crippen molar-refractivity contribution in [1.29, 1.82) is 5.41 Å². The van der Waals surface area contributed by atoms with E-state index in [1.54, 1.807) is 0 Å². The molecule has 0 radical (unpaired) electrons. The molecule has 0 heterocycles. The molecule has 1 rings (SSSR count). The first-order valence-electron chi connectivity index (χ1n) is 3.07. The summed E-state index contributed by atoms with van der Waals surface area (Å²) in [5.74, 6) is 0. The first kappa shape index (κ1) is 5.54. The lowest BCUT2D eigenvalue weighted by Gasteiger charge is -1.89. The fourth-order valence-corrected chi connectivity index (χ4v) is 1.09. The highest BCUT2D eigenvalue weighted by Gasteiger charge is 2.10. The highest BCUT2D eigenvalue weighted by atomic mass is 14.4. The second-order valence-electron chi connectivity index (χ2n) is 2.15. The van der Waals surface area contributed by atoms with Crippen molar-refractivity contribution in [3.63, 3.8) is 0 Å². The van der Waals surface area contributed by atoms with Crippen LogP contribution in [-0.2, 0) is 0 Å². The van der Waals surface area contributed by atoms with Gasteiger partial charge in [-0.3, -0.25) is 0 Å². The molecule has 1 fully saturated rings. The zero-order chi connectivity index (χ0) is 5.98. The van der Waals surface area contributed by atoms with Crippen molar-refractivity contribution in [2.24, 2.45) is 0 Å². The molecule has 1 aliphatic rings. The van der Waals surface area contributed by atoms with Gasteiger partial charge in [0.05, 0.1) is 0 Å². The van der Waals surface area contributed by atoms with E-state index < -0.39 is 0 Å². The molecule has 0 amide bonds. The molecule has 1 nitrogen and oxygen atoms in total. The number of allylic oxidation sites excluding steroid dienone is 2. The van der Waals surface area contributed by atoms with E-state index in [-0.39, 0.29) is 0 Å². The van der Waals surface area contributed by atoms with Gasteiger partial charge in [-0.25, -0.2) is 0 Å². The van der Waals surface area contributed by atoms with Crippen LogP contribution in [0.3, 0.4) is 0 Å². The molecule has 1 aliphatic carbocycles. The minimum Gasteiger partial charge on any atom is -0.305 e. The van der Waals surface area contributed by atoms with Crippen LogP contribution in [0, 0.1) is 5.41 Å². The van der Waals surface area contributed by atoms with E-state index in [0.29, 0.717) is 0 Å². The summed E-state index contributed by atoms with van der Waals surface area (Å²) in [6.45, 7) is 2.01. The highest BCUT2D eigenvalue weighted by molar-refractivity contribution is 5.99. The third kappa shape index (κ3) is 0.808. The minimum absolute atomic E-state index is 0.854. The van der Waals surface area contributed by atoms with Crippen molar-refractivity contribution >= 4 is 5.71 Å². The zero-order valence-electron chi connectivity index (χ0n) is 5.20. The Hall–Kier alpha value is -0.590. The Morgan fingerprint density at radius 1 is 1.50 bits per heavy atom. The van der Waals surface area contributed by atoms with Crippen LogP contribution in [0.5, 0.6) is 0 Å². The smallest absolute Gasteiger partial charge is 0.0342 e. The van der Waals surface area contributed by atoms with Crippen LogP contribution < -0.4 is 0 Å². The van der Waals surface area contributed by atoms with Gasteiger partial charge < -0.3 is 5.41 Å². The lowest BCUT2D eigenvalue weighted by molar-refractivity contribution is 0.944. The van der Waals surface area contributed by atoms with Gasteiger partial charge in [0, 0.05) is 5.71 Å². The van der Waals surface area contributed by atoms with E-state index in [4.69, 9.17) is 5.41 Å². The van der Waals surface area contributed by atoms with E-state index in [0.717, 1.165) is 18.6 Å². The maximum atomic E-state index is 7.34. The maximum absolute atomic E-state index is 7.34. The second-order valence-corrected chi connectivity index (χ2v) is 2.15. The summed E-state index contributed by atoms with van der Waals surface area (Å²) < 4.78 is 0. The zero-order valence-corrected chi connectivity index (χ0v) is 5.20. The average Bonchev–Trinajstić information content (AvgIpc) is 2.14. The molecule has 0 atom stereocenters. The van der Waals surface area contributed by atoms with Gasteiger partial charge in [-0.05, 0) is 31.8 Å². The number of rotatable bonds is 0. The van der Waals surface area contributed by atoms with Crippen molar-refractivity contribution in [3.05, 3.63) is 11.6 Å². The average molecular weight is 109 g/mol. The first-order chi connectivity index (χ1) is 3.84. The highest BCUT2D eigenvalue weighted by Crippen LogP contribution is 2.19. The van der Waals surface area contributed by atoms with Crippen molar-refractivity contribution in [2.75, 3.05) is 0 Å². The fourth-order valence-electron chi connectivity index (χ4n) is 1.09. The lowest BCUT2D eigenvalue weighted by atomic mass is 10.2. The molecule has 0 aromatic heterocycles. The van der Waals surface area contributed by atoms with Crippen LogP contribution in [0.25, 0.3) is 0 Å². The van der Waals surface area contributed by atoms with Crippen LogP contribution >= 0.6 is 0 Å². The second kappa shape index (κ2) is 2.12. The number of hydrogen-bond donors (Lipinski definition) is 1. The van der Waals surface area contributed by atoms with Gasteiger partial charge in [-0.1, -0.05) is 6.08 Å². The predicted octanol–water partition coefficient (Wildman–Crippen LogP) is 2.14. The van der Waals surface area contributed by atoms with E-state index in [1.807, 2.05) is 6.92 Å². The summed E-state index contributed by atoms with van der Waals surface area (Å²) in [5.41, 5.74) is 2.11. The number of nitrogens with one attached hydrogen (secondary N) is 1. The van der Waals surface area contributed by atoms with E-state index >= 15 is 0 Å². The molecule has 0 aromatic rings. The van der Waals surface area contributed by atoms with Gasteiger partial charge in [-0.2, -0.15) is 0 Å². The van der Waals surface area contributed by atoms with Crippen molar-refractivity contribution in [1.82, 2.24) is 0 Å². The summed E-state index contributed by atoms with van der Waals surface area (Å²) in [4.78, 5) is 0. The normalized spacial score (nSPS) is 25.1. The molecular formula is C7H11N. The minimum atomic E-state index is 0.854. The predicted molar refractivity (Wildman–Crippen MR) is 35.3 cm³/mol. The molecule has 1 heteroatoms. The van der Waals surface area contributed by atoms with E-state index in [9.17, 15) is 0 Å². The molecule has 1 N–H and O–H groups in total. The topological polar surface area (TPSA) is 23.9 Å². The summed E-state index contributed by atoms with van der Waals surface area (Å²) >= 11 is 0. The van der Waals surface area contributed by atoms with Crippen LogP contribution in [0.1, 0.15) is 26.2 Å². The molecule has 0 unspecified atom stereocenters. The Kier molecular flexibility index (Phi) is 1.47. The van der Waals surface area contributed by atoms with Gasteiger partial charge in [0.2, 0.25) is 0 Å². The monoisotopic (exact) mass is 109 g/mol. The van der Waals surface area contributed by atoms with E-state index in [2.05, 4.69) is 6.08 Å². The standard InChI is InChI=1S/C7H11N/c1-2-6-4-3-5-7(6)8/h2,8H,3-5H2,1H3/b6-2-,8-7?. The van der Waals surface area contributed by atoms with Gasteiger partial charge in [0.25, 0.3) is 0 Å². The SMILES string of the molecule is C/C=C1/CCCC1=N. The Labute approximate surface area is 49.9 Å². The molecular weight excluding hydrogens is 98.1 g/mol. The Morgan fingerprint density at radius 2 is 2.25 bits per heavy atom. The van der Waals surface area contributed by atoms with E-state index in [1.165, 1.54) is 12.0 Å². The molecule has 0 saturated heterocycles. The van der Waals surface area contributed by atoms with Gasteiger partial charge in [-0.15, -0.1) is 0 Å². The van der Waals surface area contributed by atoms with Crippen molar-refractivity contribution in [2.45, 2.75) is 26.2 Å². The van der Waals surface area contributed by atoms with Gasteiger partial charge in [0.1, 0.15) is 0 Å². The molecule has 0 bridgehead atoms. The van der Waals surface area contributed by atoms with Crippen LogP contribution in [-0.4, -0.2) is 5.71 Å². The van der Waals surface area contributed by atoms with Crippen LogP contribution in [0.2, 0.25) is 0 Å². The van der Waals surface area contributed by atoms with Crippen LogP contribution in [0.4, 0.5) is 0 Å². The Bertz CT molecular complexity index is 133. The maximum Gasteiger partial charge on any atom is 0.0342 e. The molecule has 0 spiro atoms. The van der Waals surface area contributed by atoms with Crippen molar-refractivity contribution < 1.29 is 0 Å².